The number of nitrogens with zero attached hydrogens (tertiary/aromatic N) is 3. The first-order valence-electron chi connectivity index (χ1n) is 9.21. The molecule has 0 unspecified atom stereocenters. The van der Waals surface area contributed by atoms with Gasteiger partial charge in [0.1, 0.15) is 5.82 Å². The second-order valence-electron chi connectivity index (χ2n) is 6.39. The fourth-order valence-corrected chi connectivity index (χ4v) is 2.98. The van der Waals surface area contributed by atoms with Crippen LogP contribution in [0.3, 0.4) is 0 Å². The highest BCUT2D eigenvalue weighted by molar-refractivity contribution is 5.95. The Bertz CT molecular complexity index is 838. The van der Waals surface area contributed by atoms with Gasteiger partial charge in [-0.05, 0) is 19.1 Å². The maximum atomic E-state index is 13.7. The summed E-state index contributed by atoms with van der Waals surface area (Å²) < 4.78 is 18.7. The van der Waals surface area contributed by atoms with Gasteiger partial charge in [0.25, 0.3) is 5.91 Å². The van der Waals surface area contributed by atoms with Crippen LogP contribution in [0.25, 0.3) is 0 Å². The summed E-state index contributed by atoms with van der Waals surface area (Å²) in [6, 6.07) is 8.22. The molecule has 0 saturated carbocycles. The lowest BCUT2D eigenvalue weighted by molar-refractivity contribution is 0.0570. The zero-order valence-electron chi connectivity index (χ0n) is 15.7. The van der Waals surface area contributed by atoms with Crippen molar-refractivity contribution in [1.82, 2.24) is 14.8 Å². The maximum Gasteiger partial charge on any atom is 0.409 e. The molecule has 0 aliphatic carbocycles. The van der Waals surface area contributed by atoms with E-state index < -0.39 is 0 Å². The van der Waals surface area contributed by atoms with Crippen LogP contribution in [0.5, 0.6) is 0 Å². The van der Waals surface area contributed by atoms with Gasteiger partial charge in [-0.3, -0.25) is 9.78 Å². The number of carbonyl (C=O) groups excluding carboxylic acids is 2. The predicted octanol–water partition coefficient (Wildman–Crippen LogP) is 2.75. The minimum Gasteiger partial charge on any atom is -0.450 e. The van der Waals surface area contributed by atoms with E-state index >= 15 is 0 Å². The number of hydrogen-bond acceptors (Lipinski definition) is 5. The predicted molar refractivity (Wildman–Crippen MR) is 102 cm³/mol. The highest BCUT2D eigenvalue weighted by Gasteiger charge is 2.25. The monoisotopic (exact) mass is 386 g/mol. The van der Waals surface area contributed by atoms with Crippen LogP contribution in [0.2, 0.25) is 0 Å². The second-order valence-corrected chi connectivity index (χ2v) is 6.39. The number of amides is 2. The molecule has 1 saturated heterocycles. The van der Waals surface area contributed by atoms with Gasteiger partial charge in [-0.15, -0.1) is 0 Å². The second kappa shape index (κ2) is 9.16. The SMILES string of the molecule is CCOC(=O)N1CCN(C(=O)c2cncc(NCc3ccccc3F)c2)CC1. The van der Waals surface area contributed by atoms with Gasteiger partial charge in [-0.1, -0.05) is 18.2 Å². The topological polar surface area (TPSA) is 74.8 Å². The standard InChI is InChI=1S/C20H23FN4O3/c1-2-28-20(27)25-9-7-24(8-10-25)19(26)16-11-17(14-22-12-16)23-13-15-5-3-4-6-18(15)21/h3-6,11-12,14,23H,2,7-10,13H2,1H3. The highest BCUT2D eigenvalue weighted by atomic mass is 19.1. The van der Waals surface area contributed by atoms with Crippen LogP contribution < -0.4 is 5.32 Å². The summed E-state index contributed by atoms with van der Waals surface area (Å²) in [4.78, 5) is 31.9. The van der Waals surface area contributed by atoms with Gasteiger partial charge in [-0.2, -0.15) is 0 Å². The van der Waals surface area contributed by atoms with E-state index in [1.807, 2.05) is 0 Å². The van der Waals surface area contributed by atoms with E-state index in [1.165, 1.54) is 12.3 Å². The van der Waals surface area contributed by atoms with E-state index in [0.29, 0.717) is 56.1 Å². The highest BCUT2D eigenvalue weighted by Crippen LogP contribution is 2.15. The van der Waals surface area contributed by atoms with Gasteiger partial charge in [0, 0.05) is 50.7 Å². The Hall–Kier alpha value is -3.16. The average molecular weight is 386 g/mol. The molecule has 1 aliphatic rings. The zero-order valence-corrected chi connectivity index (χ0v) is 15.7. The number of piperazine rings is 1. The Kier molecular flexibility index (Phi) is 6.41. The normalized spacial score (nSPS) is 13.9. The third kappa shape index (κ3) is 4.76. The molecule has 1 aliphatic heterocycles. The Morgan fingerprint density at radius 2 is 1.86 bits per heavy atom. The Balaban J connectivity index is 1.58. The van der Waals surface area contributed by atoms with E-state index in [4.69, 9.17) is 4.74 Å². The molecule has 3 rings (SSSR count). The molecule has 1 aromatic heterocycles. The lowest BCUT2D eigenvalue weighted by Gasteiger charge is -2.34. The summed E-state index contributed by atoms with van der Waals surface area (Å²) in [7, 11) is 0. The van der Waals surface area contributed by atoms with E-state index in [9.17, 15) is 14.0 Å². The van der Waals surface area contributed by atoms with Gasteiger partial charge in [0.15, 0.2) is 0 Å². The minimum absolute atomic E-state index is 0.148. The van der Waals surface area contributed by atoms with Crippen LogP contribution in [-0.2, 0) is 11.3 Å². The molecule has 2 amide bonds. The number of aromatic nitrogens is 1. The smallest absolute Gasteiger partial charge is 0.409 e. The largest absolute Gasteiger partial charge is 0.450 e. The number of ether oxygens (including phenoxy) is 1. The van der Waals surface area contributed by atoms with Gasteiger partial charge in [0.2, 0.25) is 0 Å². The molecule has 148 valence electrons. The summed E-state index contributed by atoms with van der Waals surface area (Å²) in [6.45, 7) is 4.12. The number of rotatable bonds is 5. The molecule has 0 atom stereocenters. The number of carbonyl (C=O) groups is 2. The molecule has 2 aromatic rings. The molecule has 1 N–H and O–H groups in total. The van der Waals surface area contributed by atoms with Crippen LogP contribution in [0.15, 0.2) is 42.7 Å². The van der Waals surface area contributed by atoms with E-state index in [-0.39, 0.29) is 17.8 Å². The minimum atomic E-state index is -0.351. The molecular weight excluding hydrogens is 363 g/mol. The molecule has 1 aromatic carbocycles. The molecule has 0 spiro atoms. The summed E-state index contributed by atoms with van der Waals surface area (Å²) in [6.07, 6.45) is 2.75. The lowest BCUT2D eigenvalue weighted by atomic mass is 10.2. The molecule has 28 heavy (non-hydrogen) atoms. The Morgan fingerprint density at radius 3 is 2.57 bits per heavy atom. The van der Waals surface area contributed by atoms with Gasteiger partial charge < -0.3 is 19.9 Å². The van der Waals surface area contributed by atoms with Crippen LogP contribution >= 0.6 is 0 Å². The number of hydrogen-bond donors (Lipinski definition) is 1. The van der Waals surface area contributed by atoms with Crippen molar-refractivity contribution in [1.29, 1.82) is 0 Å². The molecular formula is C20H23FN4O3. The Morgan fingerprint density at radius 1 is 1.14 bits per heavy atom. The van der Waals surface area contributed by atoms with E-state index in [0.717, 1.165) is 0 Å². The molecule has 1 fully saturated rings. The summed E-state index contributed by atoms with van der Waals surface area (Å²) in [5, 5.41) is 3.09. The molecule has 7 nitrogen and oxygen atoms in total. The third-order valence-electron chi connectivity index (χ3n) is 4.52. The lowest BCUT2D eigenvalue weighted by Crippen LogP contribution is -2.50. The fourth-order valence-electron chi connectivity index (χ4n) is 2.98. The first kappa shape index (κ1) is 19.6. The average Bonchev–Trinajstić information content (AvgIpc) is 2.73. The first-order chi connectivity index (χ1) is 13.6. The van der Waals surface area contributed by atoms with Crippen molar-refractivity contribution in [3.8, 4) is 0 Å². The maximum absolute atomic E-state index is 13.7. The first-order valence-corrected chi connectivity index (χ1v) is 9.21. The van der Waals surface area contributed by atoms with Gasteiger partial charge in [-0.25, -0.2) is 9.18 Å². The quantitative estimate of drug-likeness (QED) is 0.855. The zero-order chi connectivity index (χ0) is 19.9. The van der Waals surface area contributed by atoms with E-state index in [2.05, 4.69) is 10.3 Å². The number of halogens is 1. The van der Waals surface area contributed by atoms with Crippen molar-refractivity contribution in [2.45, 2.75) is 13.5 Å². The van der Waals surface area contributed by atoms with Crippen LogP contribution in [0.4, 0.5) is 14.9 Å². The van der Waals surface area contributed by atoms with Crippen molar-refractivity contribution in [3.05, 3.63) is 59.7 Å². The molecule has 8 heteroatoms. The number of nitrogens with one attached hydrogen (secondary N) is 1. The van der Waals surface area contributed by atoms with Gasteiger partial charge in [0.05, 0.1) is 17.9 Å². The number of anilines is 1. The molecule has 0 bridgehead atoms. The molecule has 2 heterocycles. The van der Waals surface area contributed by atoms with Crippen molar-refractivity contribution >= 4 is 17.7 Å². The summed E-state index contributed by atoms with van der Waals surface area (Å²) in [5.74, 6) is -0.430. The fraction of sp³-hybridized carbons (Fsp3) is 0.350. The van der Waals surface area contributed by atoms with Crippen LogP contribution in [0.1, 0.15) is 22.8 Å². The number of benzene rings is 1. The van der Waals surface area contributed by atoms with Crippen molar-refractivity contribution in [2.24, 2.45) is 0 Å². The van der Waals surface area contributed by atoms with E-state index in [1.54, 1.807) is 47.2 Å². The number of pyridine rings is 1. The van der Waals surface area contributed by atoms with Crippen molar-refractivity contribution < 1.29 is 18.7 Å². The third-order valence-corrected chi connectivity index (χ3v) is 4.52. The van der Waals surface area contributed by atoms with Crippen molar-refractivity contribution in [2.75, 3.05) is 38.1 Å². The summed E-state index contributed by atoms with van der Waals surface area (Å²) >= 11 is 0. The van der Waals surface area contributed by atoms with Crippen LogP contribution in [-0.4, -0.2) is 59.6 Å². The summed E-state index contributed by atoms with van der Waals surface area (Å²) in [5.41, 5.74) is 1.62. The Labute approximate surface area is 163 Å². The van der Waals surface area contributed by atoms with Gasteiger partial charge >= 0.3 is 6.09 Å². The van der Waals surface area contributed by atoms with Crippen LogP contribution in [0, 0.1) is 5.82 Å². The molecule has 0 radical (unpaired) electrons. The van der Waals surface area contributed by atoms with Crippen molar-refractivity contribution in [3.63, 3.8) is 0 Å².